The van der Waals surface area contributed by atoms with Crippen LogP contribution in [0.2, 0.25) is 0 Å². The van der Waals surface area contributed by atoms with Crippen LogP contribution in [0, 0.1) is 21.4 Å². The second kappa shape index (κ2) is 8.26. The number of hydrogen-bond acceptors (Lipinski definition) is 7. The van der Waals surface area contributed by atoms with E-state index in [1.165, 1.54) is 18.2 Å². The fraction of sp³-hybridized carbons (Fsp3) is 0.412. The van der Waals surface area contributed by atoms with Crippen LogP contribution in [0.25, 0.3) is 6.08 Å². The van der Waals surface area contributed by atoms with Crippen molar-refractivity contribution in [3.05, 3.63) is 39.4 Å². The summed E-state index contributed by atoms with van der Waals surface area (Å²) in [5, 5.41) is 20.3. The molecular formula is C17H20N4O4. The highest BCUT2D eigenvalue weighted by Gasteiger charge is 2.20. The molecule has 0 spiro atoms. The van der Waals surface area contributed by atoms with Crippen molar-refractivity contribution in [3.63, 3.8) is 0 Å². The van der Waals surface area contributed by atoms with Crippen molar-refractivity contribution in [2.75, 3.05) is 44.7 Å². The van der Waals surface area contributed by atoms with Crippen molar-refractivity contribution in [2.24, 2.45) is 0 Å². The van der Waals surface area contributed by atoms with E-state index in [4.69, 9.17) is 4.74 Å². The summed E-state index contributed by atoms with van der Waals surface area (Å²) in [7, 11) is 2.03. The molecule has 0 N–H and O–H groups in total. The van der Waals surface area contributed by atoms with Gasteiger partial charge in [0, 0.05) is 49.6 Å². The Morgan fingerprint density at radius 2 is 2.08 bits per heavy atom. The van der Waals surface area contributed by atoms with E-state index >= 15 is 0 Å². The third-order valence-corrected chi connectivity index (χ3v) is 3.98. The summed E-state index contributed by atoms with van der Waals surface area (Å²) in [6.45, 7) is 5.05. The number of esters is 1. The zero-order chi connectivity index (χ0) is 18.4. The van der Waals surface area contributed by atoms with Crippen LogP contribution < -0.4 is 4.90 Å². The molecule has 0 unspecified atom stereocenters. The second-order valence-electron chi connectivity index (χ2n) is 5.68. The van der Waals surface area contributed by atoms with Gasteiger partial charge < -0.3 is 14.5 Å². The molecular weight excluding hydrogens is 324 g/mol. The maximum atomic E-state index is 11.9. The molecule has 25 heavy (non-hydrogen) atoms. The van der Waals surface area contributed by atoms with Crippen molar-refractivity contribution < 1.29 is 14.5 Å². The molecule has 0 radical (unpaired) electrons. The van der Waals surface area contributed by atoms with Crippen LogP contribution in [0.3, 0.4) is 0 Å². The zero-order valence-corrected chi connectivity index (χ0v) is 14.3. The molecule has 0 saturated carbocycles. The summed E-state index contributed by atoms with van der Waals surface area (Å²) < 4.78 is 4.86. The van der Waals surface area contributed by atoms with E-state index in [1.54, 1.807) is 13.0 Å². The summed E-state index contributed by atoms with van der Waals surface area (Å²) in [5.41, 5.74) is 0.946. The molecule has 0 aliphatic carbocycles. The minimum atomic E-state index is -0.735. The molecule has 132 valence electrons. The van der Waals surface area contributed by atoms with Crippen LogP contribution in [0.1, 0.15) is 12.5 Å². The SMILES string of the molecule is CCOC(=O)/C(C#N)=C/c1cc([N+](=O)[O-])ccc1N1CCN(C)CC1. The number of rotatable bonds is 5. The number of nitrogens with zero attached hydrogens (tertiary/aromatic N) is 4. The minimum absolute atomic E-state index is 0.0923. The Labute approximate surface area is 146 Å². The topological polar surface area (TPSA) is 99.7 Å². The van der Waals surface area contributed by atoms with Crippen LogP contribution >= 0.6 is 0 Å². The molecule has 1 fully saturated rings. The van der Waals surface area contributed by atoms with Gasteiger partial charge >= 0.3 is 5.97 Å². The van der Waals surface area contributed by atoms with E-state index in [1.807, 2.05) is 13.1 Å². The summed E-state index contributed by atoms with van der Waals surface area (Å²) in [4.78, 5) is 26.7. The van der Waals surface area contributed by atoms with Crippen molar-refractivity contribution in [2.45, 2.75) is 6.92 Å². The minimum Gasteiger partial charge on any atom is -0.462 e. The van der Waals surface area contributed by atoms with Gasteiger partial charge in [-0.3, -0.25) is 10.1 Å². The number of likely N-dealkylation sites (N-methyl/N-ethyl adjacent to an activating group) is 1. The third kappa shape index (κ3) is 4.55. The molecule has 0 amide bonds. The van der Waals surface area contributed by atoms with E-state index in [9.17, 15) is 20.2 Å². The van der Waals surface area contributed by atoms with Gasteiger partial charge in [0.15, 0.2) is 0 Å². The average molecular weight is 344 g/mol. The van der Waals surface area contributed by atoms with Gasteiger partial charge in [0.2, 0.25) is 0 Å². The van der Waals surface area contributed by atoms with Gasteiger partial charge in [0.25, 0.3) is 5.69 Å². The average Bonchev–Trinajstić information content (AvgIpc) is 2.60. The molecule has 1 aromatic rings. The highest BCUT2D eigenvalue weighted by Crippen LogP contribution is 2.28. The largest absolute Gasteiger partial charge is 0.462 e. The van der Waals surface area contributed by atoms with Crippen LogP contribution in [-0.2, 0) is 9.53 Å². The molecule has 1 heterocycles. The molecule has 8 nitrogen and oxygen atoms in total. The lowest BCUT2D eigenvalue weighted by atomic mass is 10.1. The lowest BCUT2D eigenvalue weighted by molar-refractivity contribution is -0.384. The highest BCUT2D eigenvalue weighted by molar-refractivity contribution is 5.99. The van der Waals surface area contributed by atoms with Crippen molar-refractivity contribution in [3.8, 4) is 6.07 Å². The number of benzene rings is 1. The van der Waals surface area contributed by atoms with Gasteiger partial charge in [-0.1, -0.05) is 0 Å². The van der Waals surface area contributed by atoms with Crippen molar-refractivity contribution in [1.29, 1.82) is 5.26 Å². The Kier molecular flexibility index (Phi) is 6.08. The predicted molar refractivity (Wildman–Crippen MR) is 93.0 cm³/mol. The summed E-state index contributed by atoms with van der Waals surface area (Å²) in [6, 6.07) is 6.28. The first kappa shape index (κ1) is 18.4. The maximum absolute atomic E-state index is 11.9. The fourth-order valence-electron chi connectivity index (χ4n) is 2.61. The van der Waals surface area contributed by atoms with Crippen LogP contribution in [0.5, 0.6) is 0 Å². The van der Waals surface area contributed by atoms with E-state index in [2.05, 4.69) is 9.80 Å². The lowest BCUT2D eigenvalue weighted by Crippen LogP contribution is -2.44. The second-order valence-corrected chi connectivity index (χ2v) is 5.68. The Morgan fingerprint density at radius 3 is 2.64 bits per heavy atom. The summed E-state index contributed by atoms with van der Waals surface area (Å²) in [5.74, 6) is -0.735. The molecule has 0 bridgehead atoms. The molecule has 1 aromatic carbocycles. The van der Waals surface area contributed by atoms with Crippen molar-refractivity contribution >= 4 is 23.4 Å². The van der Waals surface area contributed by atoms with Crippen molar-refractivity contribution in [1.82, 2.24) is 4.90 Å². The standard InChI is InChI=1S/C17H20N4O4/c1-3-25-17(22)14(12-18)10-13-11-15(21(23)24)4-5-16(13)20-8-6-19(2)7-9-20/h4-5,10-11H,3,6-9H2,1-2H3/b14-10+. The normalized spacial score (nSPS) is 15.6. The van der Waals surface area contributed by atoms with Gasteiger partial charge in [-0.2, -0.15) is 5.26 Å². The van der Waals surface area contributed by atoms with E-state index in [0.29, 0.717) is 5.56 Å². The number of nitro groups is 1. The van der Waals surface area contributed by atoms with Gasteiger partial charge in [0.1, 0.15) is 11.6 Å². The Hall–Kier alpha value is -2.92. The lowest BCUT2D eigenvalue weighted by Gasteiger charge is -2.34. The van der Waals surface area contributed by atoms with Gasteiger partial charge in [-0.25, -0.2) is 4.79 Å². The van der Waals surface area contributed by atoms with E-state index in [-0.39, 0.29) is 17.9 Å². The fourth-order valence-corrected chi connectivity index (χ4v) is 2.61. The Balaban J connectivity index is 2.45. The number of non-ortho nitro benzene ring substituents is 1. The zero-order valence-electron chi connectivity index (χ0n) is 14.3. The number of anilines is 1. The quantitative estimate of drug-likeness (QED) is 0.264. The third-order valence-electron chi connectivity index (χ3n) is 3.98. The molecule has 2 rings (SSSR count). The number of carbonyl (C=O) groups excluding carboxylic acids is 1. The number of piperazine rings is 1. The first-order valence-corrected chi connectivity index (χ1v) is 7.97. The van der Waals surface area contributed by atoms with Crippen LogP contribution in [0.15, 0.2) is 23.8 Å². The Morgan fingerprint density at radius 1 is 1.40 bits per heavy atom. The van der Waals surface area contributed by atoms with Gasteiger partial charge in [-0.15, -0.1) is 0 Å². The van der Waals surface area contributed by atoms with E-state index < -0.39 is 10.9 Å². The molecule has 1 saturated heterocycles. The molecule has 0 atom stereocenters. The first-order chi connectivity index (χ1) is 12.0. The van der Waals surface area contributed by atoms with Gasteiger partial charge in [-0.05, 0) is 26.1 Å². The molecule has 0 aromatic heterocycles. The highest BCUT2D eigenvalue weighted by atomic mass is 16.6. The summed E-state index contributed by atoms with van der Waals surface area (Å²) >= 11 is 0. The molecule has 1 aliphatic rings. The van der Waals surface area contributed by atoms with Crippen LogP contribution in [-0.4, -0.2) is 55.6 Å². The number of carbonyl (C=O) groups is 1. The number of nitriles is 1. The maximum Gasteiger partial charge on any atom is 0.348 e. The first-order valence-electron chi connectivity index (χ1n) is 7.97. The molecule has 8 heteroatoms. The Bertz CT molecular complexity index is 731. The van der Waals surface area contributed by atoms with Gasteiger partial charge in [0.05, 0.1) is 11.5 Å². The number of hydrogen-bond donors (Lipinski definition) is 0. The number of nitro benzene ring substituents is 1. The molecule has 1 aliphatic heterocycles. The monoisotopic (exact) mass is 344 g/mol. The van der Waals surface area contributed by atoms with E-state index in [0.717, 1.165) is 31.9 Å². The number of ether oxygens (including phenoxy) is 1. The predicted octanol–water partition coefficient (Wildman–Crippen LogP) is 1.82. The van der Waals surface area contributed by atoms with Crippen LogP contribution in [0.4, 0.5) is 11.4 Å². The smallest absolute Gasteiger partial charge is 0.348 e. The summed E-state index contributed by atoms with van der Waals surface area (Å²) in [6.07, 6.45) is 1.36.